The molecule has 0 aliphatic carbocycles. The zero-order valence-corrected chi connectivity index (χ0v) is 42.6. The molecule has 0 aliphatic heterocycles. The Balaban J connectivity index is 0. The van der Waals surface area contributed by atoms with Crippen LogP contribution >= 0.6 is 0 Å². The van der Waals surface area contributed by atoms with Crippen LogP contribution in [-0.2, 0) is 40.1 Å². The van der Waals surface area contributed by atoms with Gasteiger partial charge >= 0.3 is 0 Å². The number of aromatic nitrogens is 10. The zero-order valence-electron chi connectivity index (χ0n) is 42.6. The first-order chi connectivity index (χ1) is 30.0. The standard InChI is InChI=1S/C10H10N2.C7H12N2.C7H17NO.C6H10N2.C6H14O2.2C5H8N2.C2H6O/c1-9-7-12(8-11-9)10-5-3-2-4-6-10;1-6(2)9-4-7(3)8-5-9;1-4-8(5-2)6-7-9-3;1-5-4-8(3)6(2)7-5;1-3-8-6-4-5-7-2;1-5-3-7(2)4-6-5;1-5-3-6-4-7(5)2;1-3-2/h2-8H,1H3;4-6H,1-3H3;4-7H2,1-3H3;4H,1-3H3;3-6H2,1-2H3;2*3-4H,1-2H3;1-2H3/p+4. The molecule has 356 valence electrons. The Labute approximate surface area is 381 Å². The second-order valence-corrected chi connectivity index (χ2v) is 15.0. The maximum Gasteiger partial charge on any atom is 0.250 e. The summed E-state index contributed by atoms with van der Waals surface area (Å²) in [6, 6.07) is 10.8. The van der Waals surface area contributed by atoms with Gasteiger partial charge in [-0.1, -0.05) is 32.0 Å². The molecule has 0 atom stereocenters. The molecule has 15 heteroatoms. The number of para-hydroxylation sites is 1. The maximum absolute atomic E-state index is 5.06. The van der Waals surface area contributed by atoms with Crippen LogP contribution in [0, 0.1) is 41.5 Å². The molecule has 0 bridgehead atoms. The summed E-state index contributed by atoms with van der Waals surface area (Å²) in [4.78, 5) is 18.7. The third-order valence-electron chi connectivity index (χ3n) is 8.79. The maximum atomic E-state index is 5.06. The minimum Gasteiger partial charge on any atom is -0.388 e. The van der Waals surface area contributed by atoms with Crippen molar-refractivity contribution in [1.82, 2.24) is 34.4 Å². The number of imidazole rings is 5. The van der Waals surface area contributed by atoms with Gasteiger partial charge < -0.3 is 28.4 Å². The molecule has 5 heterocycles. The Morgan fingerprint density at radius 2 is 1.29 bits per heavy atom. The van der Waals surface area contributed by atoms with E-state index >= 15 is 0 Å². The van der Waals surface area contributed by atoms with Crippen molar-refractivity contribution in [3.05, 3.63) is 121 Å². The molecular formula is C48H89N11O4+4. The molecule has 4 N–H and O–H groups in total. The lowest BCUT2D eigenvalue weighted by Crippen LogP contribution is -2.32. The highest BCUT2D eigenvalue weighted by atomic mass is 16.5. The molecule has 0 radical (unpaired) electrons. The topological polar surface area (TPSA) is 137 Å². The lowest BCUT2D eigenvalue weighted by atomic mass is 10.3. The van der Waals surface area contributed by atoms with E-state index in [1.165, 1.54) is 40.0 Å². The van der Waals surface area contributed by atoms with Crippen LogP contribution in [0.15, 0.2) is 86.6 Å². The van der Waals surface area contributed by atoms with E-state index in [1.54, 1.807) is 34.8 Å². The number of H-pyrrole nitrogens is 4. The van der Waals surface area contributed by atoms with Crippen molar-refractivity contribution < 1.29 is 37.2 Å². The third-order valence-corrected chi connectivity index (χ3v) is 8.79. The van der Waals surface area contributed by atoms with Crippen LogP contribution in [0.25, 0.3) is 5.69 Å². The van der Waals surface area contributed by atoms with Crippen molar-refractivity contribution in [3.63, 3.8) is 0 Å². The number of hydrogen-bond acceptors (Lipinski definition) is 6. The van der Waals surface area contributed by atoms with Crippen molar-refractivity contribution in [3.8, 4) is 5.69 Å². The minimum atomic E-state index is 0.565. The van der Waals surface area contributed by atoms with Gasteiger partial charge in [-0.3, -0.25) is 0 Å². The Hall–Kier alpha value is -4.93. The lowest BCUT2D eigenvalue weighted by molar-refractivity contribution is -0.715. The van der Waals surface area contributed by atoms with Crippen LogP contribution in [-0.4, -0.2) is 109 Å². The third kappa shape index (κ3) is 32.4. The van der Waals surface area contributed by atoms with Crippen molar-refractivity contribution >= 4 is 0 Å². The molecule has 0 saturated heterocycles. The van der Waals surface area contributed by atoms with Crippen LogP contribution in [0.1, 0.15) is 81.4 Å². The number of aromatic amines is 4. The molecule has 6 aromatic rings. The molecule has 5 aromatic heterocycles. The quantitative estimate of drug-likeness (QED) is 0.0828. The van der Waals surface area contributed by atoms with E-state index in [-0.39, 0.29) is 0 Å². The van der Waals surface area contributed by atoms with Crippen LogP contribution in [0.2, 0.25) is 0 Å². The fourth-order valence-electron chi connectivity index (χ4n) is 4.99. The molecule has 0 saturated carbocycles. The van der Waals surface area contributed by atoms with E-state index in [9.17, 15) is 0 Å². The van der Waals surface area contributed by atoms with Gasteiger partial charge in [-0.15, -0.1) is 0 Å². The van der Waals surface area contributed by atoms with E-state index in [0.29, 0.717) is 6.04 Å². The summed E-state index contributed by atoms with van der Waals surface area (Å²) in [5.74, 6) is 1.20. The molecule has 0 spiro atoms. The first-order valence-electron chi connectivity index (χ1n) is 21.8. The zero-order chi connectivity index (χ0) is 48.0. The fourth-order valence-corrected chi connectivity index (χ4v) is 4.99. The van der Waals surface area contributed by atoms with E-state index in [0.717, 1.165) is 52.5 Å². The Kier molecular flexibility index (Phi) is 37.0. The number of rotatable bonds is 12. The number of nitrogens with one attached hydrogen (secondary N) is 4. The second kappa shape index (κ2) is 38.7. The first-order valence-corrected chi connectivity index (χ1v) is 21.8. The molecule has 6 rings (SSSR count). The van der Waals surface area contributed by atoms with E-state index in [1.807, 2.05) is 121 Å². The summed E-state index contributed by atoms with van der Waals surface area (Å²) in [5, 5.41) is 0. The molecule has 15 nitrogen and oxygen atoms in total. The Bertz CT molecular complexity index is 1810. The average molecular weight is 884 g/mol. The van der Waals surface area contributed by atoms with Gasteiger partial charge in [0.2, 0.25) is 19.0 Å². The van der Waals surface area contributed by atoms with E-state index in [2.05, 4.69) is 114 Å². The number of benzene rings is 1. The number of aryl methyl sites for hydroxylation is 9. The van der Waals surface area contributed by atoms with Crippen LogP contribution < -0.4 is 18.3 Å². The van der Waals surface area contributed by atoms with Gasteiger partial charge in [0, 0.05) is 108 Å². The summed E-state index contributed by atoms with van der Waals surface area (Å²) in [6.45, 7) is 29.5. The van der Waals surface area contributed by atoms with Crippen molar-refractivity contribution in [2.75, 3.05) is 74.5 Å². The highest BCUT2D eigenvalue weighted by Gasteiger charge is 2.04. The van der Waals surface area contributed by atoms with E-state index < -0.39 is 0 Å². The van der Waals surface area contributed by atoms with Gasteiger partial charge in [0.25, 0.3) is 5.82 Å². The predicted octanol–water partition coefficient (Wildman–Crippen LogP) is 6.42. The van der Waals surface area contributed by atoms with Gasteiger partial charge in [0.1, 0.15) is 53.3 Å². The molecule has 0 aliphatic rings. The van der Waals surface area contributed by atoms with Crippen LogP contribution in [0.5, 0.6) is 0 Å². The van der Waals surface area contributed by atoms with Crippen LogP contribution in [0.4, 0.5) is 0 Å². The normalized spacial score (nSPS) is 9.84. The Morgan fingerprint density at radius 1 is 0.714 bits per heavy atom. The summed E-state index contributed by atoms with van der Waals surface area (Å²) in [7, 11) is 12.7. The lowest BCUT2D eigenvalue weighted by Gasteiger charge is -2.16. The van der Waals surface area contributed by atoms with Gasteiger partial charge in [0.05, 0.1) is 33.1 Å². The molecule has 0 fully saturated rings. The van der Waals surface area contributed by atoms with Crippen molar-refractivity contribution in [1.29, 1.82) is 0 Å². The highest BCUT2D eigenvalue weighted by Crippen LogP contribution is 1.98. The number of ether oxygens (including phenoxy) is 4. The average Bonchev–Trinajstić information content (AvgIpc) is 4.12. The van der Waals surface area contributed by atoms with E-state index in [4.69, 9.17) is 14.2 Å². The summed E-state index contributed by atoms with van der Waals surface area (Å²) >= 11 is 0. The minimum absolute atomic E-state index is 0.565. The number of nitrogens with zero attached hydrogens (tertiary/aromatic N) is 7. The largest absolute Gasteiger partial charge is 0.388 e. The number of hydrogen-bond donors (Lipinski definition) is 4. The summed E-state index contributed by atoms with van der Waals surface area (Å²) in [6.07, 6.45) is 18.7. The van der Waals surface area contributed by atoms with Gasteiger partial charge in [-0.25, -0.2) is 43.2 Å². The SMILES string of the molecule is CCN(CC)CCOC.CCOCCCOC.COC.Cc1c[n+](-c2ccccc2)c[nH]1.Cc1c[n+](C(C)C)c[nH]1.Cc1c[n+](C)c(C)[nH]1.Cc1c[n+](C)c[nH]1.Cc1cncn1C. The van der Waals surface area contributed by atoms with Crippen molar-refractivity contribution in [2.24, 2.45) is 21.1 Å². The molecule has 1 aromatic carbocycles. The Morgan fingerprint density at radius 3 is 1.59 bits per heavy atom. The van der Waals surface area contributed by atoms with Gasteiger partial charge in [-0.05, 0) is 59.3 Å². The monoisotopic (exact) mass is 884 g/mol. The first kappa shape index (κ1) is 60.2. The number of likely N-dealkylation sites (N-methyl/N-ethyl adjacent to an activating group) is 1. The number of methoxy groups -OCH3 is 3. The van der Waals surface area contributed by atoms with Crippen LogP contribution in [0.3, 0.4) is 0 Å². The highest BCUT2D eigenvalue weighted by molar-refractivity contribution is 5.21. The second-order valence-electron chi connectivity index (χ2n) is 15.0. The summed E-state index contributed by atoms with van der Waals surface area (Å²) in [5.41, 5.74) is 7.16. The fraction of sp³-hybridized carbons (Fsp3) is 0.562. The molecular weight excluding hydrogens is 795 g/mol. The summed E-state index contributed by atoms with van der Waals surface area (Å²) < 4.78 is 29.3. The van der Waals surface area contributed by atoms with Gasteiger partial charge in [0.15, 0.2) is 0 Å². The predicted molar refractivity (Wildman–Crippen MR) is 255 cm³/mol. The smallest absolute Gasteiger partial charge is 0.250 e. The van der Waals surface area contributed by atoms with Crippen molar-refractivity contribution in [2.45, 2.75) is 88.6 Å². The molecule has 0 unspecified atom stereocenters. The molecule has 0 amide bonds. The van der Waals surface area contributed by atoms with Gasteiger partial charge in [-0.2, -0.15) is 0 Å². The molecule has 63 heavy (non-hydrogen) atoms.